The number of hydrogen-bond acceptors (Lipinski definition) is 9. The summed E-state index contributed by atoms with van der Waals surface area (Å²) >= 11 is 0. The summed E-state index contributed by atoms with van der Waals surface area (Å²) in [5.41, 5.74) is 27.5. The van der Waals surface area contributed by atoms with Crippen molar-refractivity contribution in [1.82, 2.24) is 26.6 Å². The summed E-state index contributed by atoms with van der Waals surface area (Å²) < 4.78 is 0. The number of nitrogens with zero attached hydrogens (tertiary/aromatic N) is 6. The lowest BCUT2D eigenvalue weighted by Gasteiger charge is -2.20. The molecule has 0 aromatic carbocycles. The molecule has 0 unspecified atom stereocenters. The van der Waals surface area contributed by atoms with E-state index in [1.807, 2.05) is 0 Å². The van der Waals surface area contributed by atoms with Crippen LogP contribution in [0.4, 0.5) is 0 Å². The minimum absolute atomic E-state index is 0.136. The first-order valence-corrected chi connectivity index (χ1v) is 14.0. The molecular formula is C24H43N13O6. The van der Waals surface area contributed by atoms with Crippen LogP contribution in [0.1, 0.15) is 64.7 Å². The summed E-state index contributed by atoms with van der Waals surface area (Å²) in [6.07, 6.45) is 3.68. The summed E-state index contributed by atoms with van der Waals surface area (Å²) in [6, 6.07) is -2.94. The van der Waals surface area contributed by atoms with Gasteiger partial charge in [0.05, 0.1) is 13.1 Å². The molecule has 43 heavy (non-hydrogen) atoms. The second kappa shape index (κ2) is 24.0. The quantitative estimate of drug-likeness (QED) is 0.0318. The molecule has 0 spiro atoms. The van der Waals surface area contributed by atoms with E-state index in [1.54, 1.807) is 0 Å². The second-order valence-corrected chi connectivity index (χ2v) is 9.52. The van der Waals surface area contributed by atoms with Gasteiger partial charge >= 0.3 is 0 Å². The van der Waals surface area contributed by atoms with E-state index in [0.717, 1.165) is 0 Å². The van der Waals surface area contributed by atoms with Crippen molar-refractivity contribution >= 4 is 35.4 Å². The molecule has 0 aromatic rings. The van der Waals surface area contributed by atoms with Crippen LogP contribution in [0, 0.1) is 0 Å². The zero-order valence-electron chi connectivity index (χ0n) is 24.4. The summed E-state index contributed by atoms with van der Waals surface area (Å²) in [7, 11) is 0. The molecule has 9 N–H and O–H groups in total. The highest BCUT2D eigenvalue weighted by atomic mass is 16.2. The van der Waals surface area contributed by atoms with Gasteiger partial charge in [0.25, 0.3) is 0 Å². The first kappa shape index (κ1) is 38.4. The molecule has 0 aliphatic rings. The number of primary amides is 1. The van der Waals surface area contributed by atoms with Gasteiger partial charge < -0.3 is 38.1 Å². The van der Waals surface area contributed by atoms with Crippen LogP contribution in [-0.4, -0.2) is 86.3 Å². The summed E-state index contributed by atoms with van der Waals surface area (Å²) in [5.74, 6) is -3.83. The van der Waals surface area contributed by atoms with Gasteiger partial charge in [-0.1, -0.05) is 23.1 Å². The number of azide groups is 2. The normalized spacial score (nSPS) is 12.2. The van der Waals surface area contributed by atoms with Gasteiger partial charge in [0, 0.05) is 29.8 Å². The van der Waals surface area contributed by atoms with E-state index >= 15 is 0 Å². The third kappa shape index (κ3) is 20.0. The van der Waals surface area contributed by atoms with Gasteiger partial charge in [0.1, 0.15) is 18.1 Å². The Hall–Kier alpha value is -4.60. The van der Waals surface area contributed by atoms with E-state index in [2.05, 4.69) is 46.6 Å². The maximum atomic E-state index is 12.8. The van der Waals surface area contributed by atoms with Gasteiger partial charge in [-0.05, 0) is 62.6 Å². The molecule has 0 rings (SSSR count). The van der Waals surface area contributed by atoms with Crippen molar-refractivity contribution in [3.63, 3.8) is 0 Å². The van der Waals surface area contributed by atoms with Gasteiger partial charge in [-0.15, -0.1) is 0 Å². The highest BCUT2D eigenvalue weighted by Crippen LogP contribution is 2.04. The molecule has 6 amide bonds. The van der Waals surface area contributed by atoms with E-state index in [1.165, 1.54) is 6.92 Å². The molecule has 3 atom stereocenters. The number of unbranched alkanes of at least 4 members (excludes halogenated alkanes) is 3. The number of rotatable bonds is 24. The van der Waals surface area contributed by atoms with Crippen molar-refractivity contribution in [3.8, 4) is 0 Å². The molecule has 0 aliphatic carbocycles. The van der Waals surface area contributed by atoms with E-state index in [0.29, 0.717) is 51.5 Å². The number of hydrogen-bond donors (Lipinski definition) is 7. The highest BCUT2D eigenvalue weighted by Gasteiger charge is 2.24. The van der Waals surface area contributed by atoms with Crippen LogP contribution in [0.2, 0.25) is 0 Å². The van der Waals surface area contributed by atoms with Crippen molar-refractivity contribution < 1.29 is 28.8 Å². The standard InChI is InChI=1S/C24H43N13O6/c1-16(38)33-18(9-3-6-12-31-36-27)23(42)29-15-21(40)35-19(10-4-7-13-32-37-28)24(43)30-14-20(39)34-17(22(26)41)8-2-5-11-25/h17-19H,2-15,25H2,1H3,(H2,26,41)(H,29,42)(H,30,43)(H,33,38)(H,34,39)(H,35,40)/t17-,18-,19-/m0/s1. The fourth-order valence-corrected chi connectivity index (χ4v) is 3.78. The molecule has 19 nitrogen and oxygen atoms in total. The van der Waals surface area contributed by atoms with Crippen molar-refractivity contribution in [2.75, 3.05) is 32.7 Å². The van der Waals surface area contributed by atoms with E-state index in [-0.39, 0.29) is 25.9 Å². The Morgan fingerprint density at radius 1 is 0.674 bits per heavy atom. The van der Waals surface area contributed by atoms with Crippen LogP contribution < -0.4 is 38.1 Å². The summed E-state index contributed by atoms with van der Waals surface area (Å²) in [4.78, 5) is 78.8. The first-order valence-electron chi connectivity index (χ1n) is 14.0. The van der Waals surface area contributed by atoms with Crippen LogP contribution in [0.5, 0.6) is 0 Å². The Balaban J connectivity index is 5.11. The van der Waals surface area contributed by atoms with Gasteiger partial charge in [-0.2, -0.15) is 0 Å². The third-order valence-electron chi connectivity index (χ3n) is 5.95. The Morgan fingerprint density at radius 2 is 1.09 bits per heavy atom. The molecule has 0 saturated carbocycles. The molecule has 0 aliphatic heterocycles. The lowest BCUT2D eigenvalue weighted by atomic mass is 10.1. The molecular weight excluding hydrogens is 566 g/mol. The largest absolute Gasteiger partial charge is 0.368 e. The predicted molar refractivity (Wildman–Crippen MR) is 155 cm³/mol. The summed E-state index contributed by atoms with van der Waals surface area (Å²) in [5, 5.41) is 19.1. The zero-order chi connectivity index (χ0) is 32.5. The van der Waals surface area contributed by atoms with E-state index < -0.39 is 66.7 Å². The lowest BCUT2D eigenvalue weighted by Crippen LogP contribution is -2.53. The minimum atomic E-state index is -1.09. The first-order chi connectivity index (χ1) is 20.5. The average molecular weight is 610 g/mol. The van der Waals surface area contributed by atoms with Crippen LogP contribution >= 0.6 is 0 Å². The topological polar surface area (TPSA) is 312 Å². The average Bonchev–Trinajstić information content (AvgIpc) is 2.96. The molecule has 0 aromatic heterocycles. The molecule has 19 heteroatoms. The Bertz CT molecular complexity index is 1030. The van der Waals surface area contributed by atoms with Gasteiger partial charge in [-0.3, -0.25) is 28.8 Å². The fourth-order valence-electron chi connectivity index (χ4n) is 3.78. The highest BCUT2D eigenvalue weighted by molar-refractivity contribution is 5.94. The zero-order valence-corrected chi connectivity index (χ0v) is 24.4. The molecule has 0 fully saturated rings. The number of nitrogens with two attached hydrogens (primary N) is 2. The number of carbonyl (C=O) groups is 6. The molecule has 0 saturated heterocycles. The number of nitrogens with one attached hydrogen (secondary N) is 5. The van der Waals surface area contributed by atoms with Crippen LogP contribution in [-0.2, 0) is 28.8 Å². The molecule has 0 bridgehead atoms. The second-order valence-electron chi connectivity index (χ2n) is 9.52. The smallest absolute Gasteiger partial charge is 0.243 e. The third-order valence-corrected chi connectivity index (χ3v) is 5.95. The van der Waals surface area contributed by atoms with Crippen molar-refractivity contribution in [2.24, 2.45) is 21.7 Å². The van der Waals surface area contributed by atoms with Gasteiger partial charge in [-0.25, -0.2) is 0 Å². The Morgan fingerprint density at radius 3 is 1.51 bits per heavy atom. The molecule has 240 valence electrons. The molecule has 0 heterocycles. The van der Waals surface area contributed by atoms with E-state index in [4.69, 9.17) is 22.5 Å². The summed E-state index contributed by atoms with van der Waals surface area (Å²) in [6.45, 7) is 1.10. The minimum Gasteiger partial charge on any atom is -0.368 e. The van der Waals surface area contributed by atoms with Crippen LogP contribution in [0.15, 0.2) is 10.2 Å². The van der Waals surface area contributed by atoms with Crippen LogP contribution in [0.3, 0.4) is 0 Å². The predicted octanol–water partition coefficient (Wildman–Crippen LogP) is -0.731. The SMILES string of the molecule is CC(=O)N[C@@H](CCCCN=[N+]=[N-])C(=O)NCC(=O)N[C@@H](CCCCN=[N+]=[N-])C(=O)NCC(=O)N[C@@H](CCCCN)C(N)=O. The van der Waals surface area contributed by atoms with Crippen molar-refractivity contribution in [3.05, 3.63) is 20.9 Å². The van der Waals surface area contributed by atoms with E-state index in [9.17, 15) is 28.8 Å². The Kier molecular flexibility index (Phi) is 21.5. The Labute approximate surface area is 249 Å². The number of amides is 6. The fraction of sp³-hybridized carbons (Fsp3) is 0.750. The maximum absolute atomic E-state index is 12.8. The lowest BCUT2D eigenvalue weighted by molar-refractivity contribution is -0.132. The van der Waals surface area contributed by atoms with Gasteiger partial charge in [0.2, 0.25) is 35.4 Å². The number of carbonyl (C=O) groups excluding carboxylic acids is 6. The van der Waals surface area contributed by atoms with Crippen molar-refractivity contribution in [1.29, 1.82) is 0 Å². The molecule has 0 radical (unpaired) electrons. The van der Waals surface area contributed by atoms with Crippen LogP contribution in [0.25, 0.3) is 20.9 Å². The van der Waals surface area contributed by atoms with Gasteiger partial charge in [0.15, 0.2) is 0 Å². The monoisotopic (exact) mass is 609 g/mol. The van der Waals surface area contributed by atoms with Crippen molar-refractivity contribution in [2.45, 2.75) is 82.8 Å². The maximum Gasteiger partial charge on any atom is 0.243 e.